The number of hydrogen-bond acceptors (Lipinski definition) is 3. The maximum atomic E-state index is 12.1. The van der Waals surface area contributed by atoms with Crippen LogP contribution < -0.4 is 10.1 Å². The lowest BCUT2D eigenvalue weighted by atomic mass is 10.2. The number of likely N-dealkylation sites (N-methyl/N-ethyl adjacent to an activating group) is 1. The smallest absolute Gasteiger partial charge is 0.251 e. The second-order valence-corrected chi connectivity index (χ2v) is 6.42. The maximum Gasteiger partial charge on any atom is 0.251 e. The van der Waals surface area contributed by atoms with Crippen LogP contribution in [0.1, 0.15) is 15.9 Å². The van der Waals surface area contributed by atoms with Gasteiger partial charge in [-0.25, -0.2) is 0 Å². The van der Waals surface area contributed by atoms with Crippen molar-refractivity contribution in [3.8, 4) is 5.75 Å². The Morgan fingerprint density at radius 2 is 1.79 bits per heavy atom. The molecule has 0 aliphatic carbocycles. The molecule has 0 spiro atoms. The summed E-state index contributed by atoms with van der Waals surface area (Å²) in [5.74, 6) is 0.622. The van der Waals surface area contributed by atoms with E-state index in [1.54, 1.807) is 18.2 Å². The van der Waals surface area contributed by atoms with Crippen LogP contribution in [0.25, 0.3) is 0 Å². The number of rotatable bonds is 7. The number of benzene rings is 2. The van der Waals surface area contributed by atoms with E-state index in [1.165, 1.54) is 0 Å². The molecule has 6 heteroatoms. The monoisotopic (exact) mass is 366 g/mol. The zero-order chi connectivity index (χ0) is 17.5. The first kappa shape index (κ1) is 18.6. The third-order valence-electron chi connectivity index (χ3n) is 3.37. The number of nitrogens with one attached hydrogen (secondary N) is 1. The minimum Gasteiger partial charge on any atom is -0.492 e. The third-order valence-corrected chi connectivity index (χ3v) is 4.10. The topological polar surface area (TPSA) is 41.6 Å². The Morgan fingerprint density at radius 3 is 2.42 bits per heavy atom. The SMILES string of the molecule is CN(C)CCOc1ccc(CNC(=O)c2ccc(Cl)c(Cl)c2)cc1. The lowest BCUT2D eigenvalue weighted by Crippen LogP contribution is -2.22. The molecule has 0 aromatic heterocycles. The van der Waals surface area contributed by atoms with Gasteiger partial charge in [-0.15, -0.1) is 0 Å². The zero-order valence-corrected chi connectivity index (χ0v) is 15.2. The van der Waals surface area contributed by atoms with Gasteiger partial charge in [0.05, 0.1) is 10.0 Å². The summed E-state index contributed by atoms with van der Waals surface area (Å²) < 4.78 is 5.63. The second-order valence-electron chi connectivity index (χ2n) is 5.61. The number of nitrogens with zero attached hydrogens (tertiary/aromatic N) is 1. The van der Waals surface area contributed by atoms with Crippen molar-refractivity contribution in [3.63, 3.8) is 0 Å². The van der Waals surface area contributed by atoms with Crippen molar-refractivity contribution in [2.45, 2.75) is 6.54 Å². The van der Waals surface area contributed by atoms with Crippen LogP contribution in [0.2, 0.25) is 10.0 Å². The van der Waals surface area contributed by atoms with Gasteiger partial charge in [-0.2, -0.15) is 0 Å². The lowest BCUT2D eigenvalue weighted by molar-refractivity contribution is 0.0951. The third kappa shape index (κ3) is 5.71. The van der Waals surface area contributed by atoms with Crippen LogP contribution in [0.4, 0.5) is 0 Å². The van der Waals surface area contributed by atoms with Crippen LogP contribution in [0.5, 0.6) is 5.75 Å². The molecule has 2 aromatic carbocycles. The summed E-state index contributed by atoms with van der Waals surface area (Å²) in [5.41, 5.74) is 1.47. The van der Waals surface area contributed by atoms with Crippen molar-refractivity contribution in [1.29, 1.82) is 0 Å². The van der Waals surface area contributed by atoms with Crippen LogP contribution in [-0.4, -0.2) is 38.1 Å². The number of carbonyl (C=O) groups excluding carboxylic acids is 1. The molecule has 24 heavy (non-hydrogen) atoms. The molecule has 0 radical (unpaired) electrons. The van der Waals surface area contributed by atoms with Gasteiger partial charge in [0.1, 0.15) is 12.4 Å². The van der Waals surface area contributed by atoms with Crippen molar-refractivity contribution in [2.24, 2.45) is 0 Å². The van der Waals surface area contributed by atoms with Crippen LogP contribution >= 0.6 is 23.2 Å². The van der Waals surface area contributed by atoms with Gasteiger partial charge in [-0.1, -0.05) is 35.3 Å². The molecule has 2 rings (SSSR count). The van der Waals surface area contributed by atoms with Crippen LogP contribution in [-0.2, 0) is 6.54 Å². The number of halogens is 2. The molecule has 1 amide bonds. The van der Waals surface area contributed by atoms with Gasteiger partial charge >= 0.3 is 0 Å². The number of ether oxygens (including phenoxy) is 1. The van der Waals surface area contributed by atoms with E-state index in [2.05, 4.69) is 10.2 Å². The summed E-state index contributed by atoms with van der Waals surface area (Å²) in [5, 5.41) is 3.64. The predicted molar refractivity (Wildman–Crippen MR) is 98.1 cm³/mol. The molecule has 0 fully saturated rings. The Labute approximate surface area is 152 Å². The van der Waals surface area contributed by atoms with E-state index in [9.17, 15) is 4.79 Å². The van der Waals surface area contributed by atoms with E-state index in [0.717, 1.165) is 17.9 Å². The summed E-state index contributed by atoms with van der Waals surface area (Å²) >= 11 is 11.8. The Bertz CT molecular complexity index is 688. The zero-order valence-electron chi connectivity index (χ0n) is 13.7. The predicted octanol–water partition coefficient (Wildman–Crippen LogP) is 3.86. The summed E-state index contributed by atoms with van der Waals surface area (Å²) in [6.45, 7) is 1.93. The molecular weight excluding hydrogens is 347 g/mol. The molecule has 2 aromatic rings. The van der Waals surface area contributed by atoms with Gasteiger partial charge < -0.3 is 15.0 Å². The van der Waals surface area contributed by atoms with Crippen molar-refractivity contribution in [1.82, 2.24) is 10.2 Å². The quantitative estimate of drug-likeness (QED) is 0.808. The van der Waals surface area contributed by atoms with Gasteiger partial charge in [0, 0.05) is 18.7 Å². The fourth-order valence-corrected chi connectivity index (χ4v) is 2.27. The number of carbonyl (C=O) groups is 1. The molecule has 0 saturated carbocycles. The molecule has 0 atom stereocenters. The maximum absolute atomic E-state index is 12.1. The summed E-state index contributed by atoms with van der Waals surface area (Å²) in [7, 11) is 4.01. The van der Waals surface area contributed by atoms with E-state index in [-0.39, 0.29) is 5.91 Å². The van der Waals surface area contributed by atoms with Crippen molar-refractivity contribution >= 4 is 29.1 Å². The van der Waals surface area contributed by atoms with Gasteiger partial charge in [0.2, 0.25) is 0 Å². The van der Waals surface area contributed by atoms with Crippen molar-refractivity contribution in [3.05, 3.63) is 63.6 Å². The molecule has 0 saturated heterocycles. The summed E-state index contributed by atoms with van der Waals surface area (Å²) in [6.07, 6.45) is 0. The van der Waals surface area contributed by atoms with Crippen LogP contribution in [0.3, 0.4) is 0 Å². The Morgan fingerprint density at radius 1 is 1.08 bits per heavy atom. The Hall–Kier alpha value is -1.75. The fraction of sp³-hybridized carbons (Fsp3) is 0.278. The average Bonchev–Trinajstić information content (AvgIpc) is 2.56. The highest BCUT2D eigenvalue weighted by molar-refractivity contribution is 6.42. The molecule has 0 heterocycles. The molecule has 0 aliphatic rings. The largest absolute Gasteiger partial charge is 0.492 e. The van der Waals surface area contributed by atoms with Crippen LogP contribution in [0.15, 0.2) is 42.5 Å². The first-order valence-corrected chi connectivity index (χ1v) is 8.31. The van der Waals surface area contributed by atoms with Crippen molar-refractivity contribution in [2.75, 3.05) is 27.2 Å². The molecule has 0 aliphatic heterocycles. The number of hydrogen-bond donors (Lipinski definition) is 1. The summed E-state index contributed by atoms with van der Waals surface area (Å²) in [6, 6.07) is 12.5. The molecule has 0 unspecified atom stereocenters. The molecule has 1 N–H and O–H groups in total. The molecular formula is C18H20Cl2N2O2. The molecule has 4 nitrogen and oxygen atoms in total. The van der Waals surface area contributed by atoms with Crippen LogP contribution in [0, 0.1) is 0 Å². The highest BCUT2D eigenvalue weighted by atomic mass is 35.5. The van der Waals surface area contributed by atoms with E-state index in [1.807, 2.05) is 38.4 Å². The first-order chi connectivity index (χ1) is 11.5. The fourth-order valence-electron chi connectivity index (χ4n) is 1.97. The second kappa shape index (κ2) is 8.92. The summed E-state index contributed by atoms with van der Waals surface area (Å²) in [4.78, 5) is 14.2. The minimum atomic E-state index is -0.195. The van der Waals surface area contributed by atoms with Gasteiger partial charge in [0.15, 0.2) is 0 Å². The Kier molecular flexibility index (Phi) is 6.91. The lowest BCUT2D eigenvalue weighted by Gasteiger charge is -2.11. The van der Waals surface area contributed by atoms with Gasteiger partial charge in [-0.05, 0) is 50.0 Å². The highest BCUT2D eigenvalue weighted by Crippen LogP contribution is 2.22. The van der Waals surface area contributed by atoms with E-state index >= 15 is 0 Å². The van der Waals surface area contributed by atoms with Crippen molar-refractivity contribution < 1.29 is 9.53 Å². The normalized spacial score (nSPS) is 10.7. The molecule has 0 bridgehead atoms. The van der Waals surface area contributed by atoms with Gasteiger partial charge in [-0.3, -0.25) is 4.79 Å². The van der Waals surface area contributed by atoms with Gasteiger partial charge in [0.25, 0.3) is 5.91 Å². The average molecular weight is 367 g/mol. The Balaban J connectivity index is 1.85. The van der Waals surface area contributed by atoms with E-state index < -0.39 is 0 Å². The van der Waals surface area contributed by atoms with E-state index in [0.29, 0.717) is 28.8 Å². The number of amides is 1. The first-order valence-electron chi connectivity index (χ1n) is 7.55. The highest BCUT2D eigenvalue weighted by Gasteiger charge is 2.08. The van der Waals surface area contributed by atoms with E-state index in [4.69, 9.17) is 27.9 Å². The standard InChI is InChI=1S/C18H20Cl2N2O2/c1-22(2)9-10-24-15-6-3-13(4-7-15)12-21-18(23)14-5-8-16(19)17(20)11-14/h3-8,11H,9-10,12H2,1-2H3,(H,21,23). The molecule has 128 valence electrons. The minimum absolute atomic E-state index is 0.195.